The van der Waals surface area contributed by atoms with Gasteiger partial charge in [-0.3, -0.25) is 14.7 Å². The minimum absolute atomic E-state index is 0.102. The highest BCUT2D eigenvalue weighted by molar-refractivity contribution is 7.60. The summed E-state index contributed by atoms with van der Waals surface area (Å²) in [6.07, 6.45) is 1.63. The monoisotopic (exact) mass is 645 g/mol. The van der Waals surface area contributed by atoms with Crippen molar-refractivity contribution in [3.63, 3.8) is 0 Å². The topological polar surface area (TPSA) is 167 Å². The number of aromatic nitrogens is 1. The number of nitrogens with two attached hydrogens (primary N) is 1. The Morgan fingerprint density at radius 3 is 2.52 bits per heavy atom. The number of fused-ring (bicyclic) bond motifs is 10. The van der Waals surface area contributed by atoms with Gasteiger partial charge in [-0.25, -0.2) is 9.78 Å². The maximum atomic E-state index is 15.0. The number of carbonyl (C=O) groups is 2. The van der Waals surface area contributed by atoms with Gasteiger partial charge in [-0.15, -0.1) is 0 Å². The van der Waals surface area contributed by atoms with Gasteiger partial charge in [-0.2, -0.15) is 0 Å². The first-order valence-corrected chi connectivity index (χ1v) is 16.8. The molecule has 0 aliphatic carbocycles. The molecule has 12 heteroatoms. The van der Waals surface area contributed by atoms with Crippen LogP contribution in [-0.4, -0.2) is 45.3 Å². The Labute approximate surface area is 268 Å². The normalized spacial score (nSPS) is 20.8. The molecule has 4 aromatic rings. The highest BCUT2D eigenvalue weighted by Crippen LogP contribution is 2.42. The van der Waals surface area contributed by atoms with Crippen LogP contribution in [0.3, 0.4) is 0 Å². The van der Waals surface area contributed by atoms with Gasteiger partial charge in [0.15, 0.2) is 0 Å². The van der Waals surface area contributed by atoms with Crippen LogP contribution >= 0.6 is 7.60 Å². The third-order valence-corrected chi connectivity index (χ3v) is 9.96. The van der Waals surface area contributed by atoms with Crippen LogP contribution in [0.4, 0.5) is 22.0 Å². The Hall–Kier alpha value is -4.44. The van der Waals surface area contributed by atoms with Gasteiger partial charge in [0.1, 0.15) is 11.4 Å². The van der Waals surface area contributed by atoms with Crippen molar-refractivity contribution in [2.45, 2.75) is 58.0 Å². The highest BCUT2D eigenvalue weighted by atomic mass is 31.2. The molecule has 2 amide bonds. The van der Waals surface area contributed by atoms with E-state index in [4.69, 9.17) is 10.5 Å². The van der Waals surface area contributed by atoms with Crippen molar-refractivity contribution in [3.8, 4) is 0 Å². The molecule has 3 atom stereocenters. The van der Waals surface area contributed by atoms with Crippen LogP contribution in [0, 0.1) is 6.92 Å². The Kier molecular flexibility index (Phi) is 9.13. The molecule has 242 valence electrons. The summed E-state index contributed by atoms with van der Waals surface area (Å²) in [6.45, 7) is 7.79. The summed E-state index contributed by atoms with van der Waals surface area (Å²) in [5, 5.41) is 7.67. The van der Waals surface area contributed by atoms with Crippen molar-refractivity contribution in [2.24, 2.45) is 0 Å². The predicted octanol–water partition coefficient (Wildman–Crippen LogP) is 5.92. The van der Waals surface area contributed by atoms with Crippen LogP contribution in [0.25, 0.3) is 10.8 Å². The lowest BCUT2D eigenvalue weighted by Gasteiger charge is -2.41. The number of pyridine rings is 1. The summed E-state index contributed by atoms with van der Waals surface area (Å²) >= 11 is 0. The van der Waals surface area contributed by atoms with E-state index in [-0.39, 0.29) is 29.3 Å². The van der Waals surface area contributed by atoms with Crippen molar-refractivity contribution in [1.82, 2.24) is 9.88 Å². The molecule has 0 saturated heterocycles. The number of likely N-dealkylation sites (N-methyl/N-ethyl adjacent to an activating group) is 1. The summed E-state index contributed by atoms with van der Waals surface area (Å²) in [6, 6.07) is 16.8. The number of hydrogen-bond acceptors (Lipinski definition) is 7. The number of nitrogens with one attached hydrogen (secondary N) is 2. The molecule has 0 radical (unpaired) electrons. The predicted molar refractivity (Wildman–Crippen MR) is 180 cm³/mol. The number of benzene rings is 3. The highest BCUT2D eigenvalue weighted by Gasteiger charge is 2.43. The Morgan fingerprint density at radius 2 is 1.85 bits per heavy atom. The number of nitrogens with zero attached hydrogens (tertiary/aromatic N) is 2. The zero-order valence-corrected chi connectivity index (χ0v) is 27.5. The smallest absolute Gasteiger partial charge is 0.411 e. The number of ether oxygens (including phenoxy) is 1. The van der Waals surface area contributed by atoms with E-state index in [0.717, 1.165) is 27.5 Å². The van der Waals surface area contributed by atoms with Crippen molar-refractivity contribution in [3.05, 3.63) is 89.1 Å². The van der Waals surface area contributed by atoms with E-state index in [1.54, 1.807) is 13.2 Å². The lowest BCUT2D eigenvalue weighted by atomic mass is 9.82. The standard InChI is InChI=1S/C34H40N5O6P/c1-6-29-28-18-24(10-13-30(28)46(42,43)44)37-33(41)45-19-21(4)26-11-8-23(16-20(26)3)34(7-2,32(40)39(29)5)38-25-9-12-27-22(17-25)14-15-36-31(27)35/h8-18,21,29,38H,6-7,19H2,1-5H3,(H2,35,36)(H,37,41)(H2,42,43,44)/t21-,29?,34?/m0/s1. The number of nitrogen functional groups attached to an aromatic ring is 1. The minimum Gasteiger partial charge on any atom is -0.449 e. The molecule has 6 N–H and O–H groups in total. The number of anilines is 3. The van der Waals surface area contributed by atoms with Gasteiger partial charge in [-0.05, 0) is 89.9 Å². The quantitative estimate of drug-likeness (QED) is 0.166. The molecule has 3 heterocycles. The molecule has 3 aromatic carbocycles. The summed E-state index contributed by atoms with van der Waals surface area (Å²) in [4.78, 5) is 54.1. The maximum Gasteiger partial charge on any atom is 0.411 e. The van der Waals surface area contributed by atoms with Gasteiger partial charge in [-0.1, -0.05) is 39.0 Å². The zero-order valence-electron chi connectivity index (χ0n) is 26.6. The summed E-state index contributed by atoms with van der Waals surface area (Å²) in [5.74, 6) is -0.0336. The van der Waals surface area contributed by atoms with Gasteiger partial charge in [0, 0.05) is 35.9 Å². The number of carbonyl (C=O) groups excluding carboxylic acids is 2. The number of hydrogen-bond donors (Lipinski definition) is 5. The molecular weight excluding hydrogens is 605 g/mol. The van der Waals surface area contributed by atoms with Crippen LogP contribution in [0.1, 0.15) is 67.8 Å². The molecule has 0 fully saturated rings. The van der Waals surface area contributed by atoms with E-state index in [1.165, 1.54) is 23.1 Å². The second-order valence-corrected chi connectivity index (χ2v) is 13.4. The SMILES string of the molecule is CCC1c2cc(ccc2P(=O)(O)O)NC(=O)OC[C@H](C)c2ccc(cc2C)C(CC)(Nc2ccc3c(N)nccc3c2)C(=O)N1C. The van der Waals surface area contributed by atoms with Crippen LogP contribution in [0.5, 0.6) is 0 Å². The molecule has 1 aromatic heterocycles. The maximum absolute atomic E-state index is 15.0. The molecule has 46 heavy (non-hydrogen) atoms. The first kappa shape index (κ1) is 32.9. The van der Waals surface area contributed by atoms with Crippen molar-refractivity contribution >= 4 is 52.9 Å². The van der Waals surface area contributed by atoms with Gasteiger partial charge >= 0.3 is 13.7 Å². The molecule has 2 aliphatic heterocycles. The Bertz CT molecular complexity index is 1860. The van der Waals surface area contributed by atoms with E-state index in [9.17, 15) is 19.1 Å². The van der Waals surface area contributed by atoms with Crippen LogP contribution in [0.15, 0.2) is 66.9 Å². The van der Waals surface area contributed by atoms with Gasteiger partial charge < -0.3 is 30.5 Å². The fourth-order valence-electron chi connectivity index (χ4n) is 6.47. The van der Waals surface area contributed by atoms with Crippen molar-refractivity contribution in [1.29, 1.82) is 0 Å². The first-order valence-electron chi connectivity index (χ1n) is 15.2. The second kappa shape index (κ2) is 12.7. The first-order chi connectivity index (χ1) is 21.8. The summed E-state index contributed by atoms with van der Waals surface area (Å²) in [5.41, 5.74) is 8.66. The second-order valence-electron chi connectivity index (χ2n) is 11.9. The molecule has 11 nitrogen and oxygen atoms in total. The average Bonchev–Trinajstić information content (AvgIpc) is 3.01. The van der Waals surface area contributed by atoms with E-state index < -0.39 is 25.3 Å². The molecule has 2 aliphatic rings. The lowest BCUT2D eigenvalue weighted by molar-refractivity contribution is -0.137. The number of aryl methyl sites for hydroxylation is 1. The fraction of sp³-hybridized carbons (Fsp3) is 0.324. The summed E-state index contributed by atoms with van der Waals surface area (Å²) < 4.78 is 18.2. The number of rotatable bonds is 5. The third-order valence-electron chi connectivity index (χ3n) is 8.93. The molecule has 6 rings (SSSR count). The van der Waals surface area contributed by atoms with Gasteiger partial charge in [0.2, 0.25) is 0 Å². The molecule has 4 bridgehead atoms. The Balaban J connectivity index is 1.73. The van der Waals surface area contributed by atoms with Crippen LogP contribution in [0.2, 0.25) is 0 Å². The fourth-order valence-corrected chi connectivity index (χ4v) is 7.28. The minimum atomic E-state index is -4.77. The van der Waals surface area contributed by atoms with Gasteiger partial charge in [0.05, 0.1) is 18.0 Å². The lowest BCUT2D eigenvalue weighted by Crippen LogP contribution is -2.51. The van der Waals surface area contributed by atoms with Crippen molar-refractivity contribution < 1.29 is 28.7 Å². The van der Waals surface area contributed by atoms with E-state index >= 15 is 4.79 Å². The molecule has 2 unspecified atom stereocenters. The van der Waals surface area contributed by atoms with Gasteiger partial charge in [0.25, 0.3) is 5.91 Å². The molecule has 0 spiro atoms. The number of amides is 2. The van der Waals surface area contributed by atoms with Crippen molar-refractivity contribution in [2.75, 3.05) is 30.0 Å². The largest absolute Gasteiger partial charge is 0.449 e. The molecular formula is C34H40N5O6P. The van der Waals surface area contributed by atoms with E-state index in [1.807, 2.05) is 70.2 Å². The average molecular weight is 646 g/mol. The zero-order chi connectivity index (χ0) is 33.4. The summed E-state index contributed by atoms with van der Waals surface area (Å²) in [7, 11) is -3.13. The third kappa shape index (κ3) is 6.18. The Morgan fingerprint density at radius 1 is 1.09 bits per heavy atom. The molecule has 0 saturated carbocycles. The van der Waals surface area contributed by atoms with E-state index in [0.29, 0.717) is 30.0 Å². The van der Waals surface area contributed by atoms with Crippen LogP contribution < -0.4 is 21.7 Å². The van der Waals surface area contributed by atoms with E-state index in [2.05, 4.69) is 15.6 Å². The van der Waals surface area contributed by atoms with Crippen LogP contribution in [-0.2, 0) is 19.6 Å².